The standard InChI is InChI=1S/C15H23NO2/c1-11(2)7-8-16(10-15(17)18)14-9-12(3)5-6-13(14)4/h5-6,9,11H,7-8,10H2,1-4H3,(H,17,18). The summed E-state index contributed by atoms with van der Waals surface area (Å²) < 4.78 is 0. The number of hydrogen-bond acceptors (Lipinski definition) is 2. The fraction of sp³-hybridized carbons (Fsp3) is 0.533. The second-order valence-corrected chi connectivity index (χ2v) is 5.29. The molecule has 0 amide bonds. The van der Waals surface area contributed by atoms with E-state index in [2.05, 4.69) is 32.0 Å². The highest BCUT2D eigenvalue weighted by atomic mass is 16.4. The highest BCUT2D eigenvalue weighted by molar-refractivity contribution is 5.74. The monoisotopic (exact) mass is 249 g/mol. The minimum Gasteiger partial charge on any atom is -0.480 e. The smallest absolute Gasteiger partial charge is 0.323 e. The molecule has 0 aromatic heterocycles. The van der Waals surface area contributed by atoms with Gasteiger partial charge in [-0.3, -0.25) is 4.79 Å². The van der Waals surface area contributed by atoms with Crippen LogP contribution >= 0.6 is 0 Å². The van der Waals surface area contributed by atoms with Crippen LogP contribution in [-0.4, -0.2) is 24.2 Å². The van der Waals surface area contributed by atoms with Crippen molar-refractivity contribution in [2.45, 2.75) is 34.1 Å². The van der Waals surface area contributed by atoms with Crippen LogP contribution in [0, 0.1) is 19.8 Å². The summed E-state index contributed by atoms with van der Waals surface area (Å²) >= 11 is 0. The van der Waals surface area contributed by atoms with Crippen molar-refractivity contribution in [1.82, 2.24) is 0 Å². The van der Waals surface area contributed by atoms with Crippen LogP contribution in [0.2, 0.25) is 0 Å². The molecule has 100 valence electrons. The highest BCUT2D eigenvalue weighted by Crippen LogP contribution is 2.22. The quantitative estimate of drug-likeness (QED) is 0.841. The first-order chi connectivity index (χ1) is 8.40. The number of hydrogen-bond donors (Lipinski definition) is 1. The summed E-state index contributed by atoms with van der Waals surface area (Å²) in [5, 5.41) is 9.03. The predicted octanol–water partition coefficient (Wildman–Crippen LogP) is 3.24. The van der Waals surface area contributed by atoms with Gasteiger partial charge in [-0.15, -0.1) is 0 Å². The molecule has 0 spiro atoms. The minimum absolute atomic E-state index is 0.0665. The van der Waals surface area contributed by atoms with Crippen molar-refractivity contribution in [3.05, 3.63) is 29.3 Å². The first-order valence-corrected chi connectivity index (χ1v) is 6.44. The Morgan fingerprint density at radius 3 is 2.56 bits per heavy atom. The van der Waals surface area contributed by atoms with Gasteiger partial charge in [-0.25, -0.2) is 0 Å². The van der Waals surface area contributed by atoms with E-state index in [1.807, 2.05) is 18.7 Å². The first kappa shape index (κ1) is 14.6. The van der Waals surface area contributed by atoms with Crippen molar-refractivity contribution in [2.75, 3.05) is 18.0 Å². The van der Waals surface area contributed by atoms with E-state index in [4.69, 9.17) is 5.11 Å². The lowest BCUT2D eigenvalue weighted by molar-refractivity contribution is -0.135. The van der Waals surface area contributed by atoms with Gasteiger partial charge in [0, 0.05) is 12.2 Å². The fourth-order valence-electron chi connectivity index (χ4n) is 1.92. The lowest BCUT2D eigenvalue weighted by Gasteiger charge is -2.26. The molecule has 0 aliphatic carbocycles. The van der Waals surface area contributed by atoms with Gasteiger partial charge in [-0.05, 0) is 43.4 Å². The van der Waals surface area contributed by atoms with Gasteiger partial charge in [0.25, 0.3) is 0 Å². The average Bonchev–Trinajstić information content (AvgIpc) is 2.27. The average molecular weight is 249 g/mol. The maximum absolute atomic E-state index is 11.0. The SMILES string of the molecule is Cc1ccc(C)c(N(CCC(C)C)CC(=O)O)c1. The van der Waals surface area contributed by atoms with Crippen molar-refractivity contribution >= 4 is 11.7 Å². The van der Waals surface area contributed by atoms with Gasteiger partial charge in [0.1, 0.15) is 6.54 Å². The zero-order chi connectivity index (χ0) is 13.7. The normalized spacial score (nSPS) is 10.7. The van der Waals surface area contributed by atoms with Crippen LogP contribution in [0.15, 0.2) is 18.2 Å². The molecule has 3 heteroatoms. The van der Waals surface area contributed by atoms with Crippen LogP contribution in [0.3, 0.4) is 0 Å². The molecule has 0 saturated heterocycles. The molecule has 1 rings (SSSR count). The van der Waals surface area contributed by atoms with E-state index in [-0.39, 0.29) is 6.54 Å². The topological polar surface area (TPSA) is 40.5 Å². The molecule has 0 aliphatic rings. The van der Waals surface area contributed by atoms with Crippen molar-refractivity contribution in [3.8, 4) is 0 Å². The Bertz CT molecular complexity index is 413. The number of carboxylic acid groups (broad SMARTS) is 1. The van der Waals surface area contributed by atoms with E-state index in [9.17, 15) is 4.79 Å². The molecular formula is C15H23NO2. The first-order valence-electron chi connectivity index (χ1n) is 6.44. The van der Waals surface area contributed by atoms with Crippen molar-refractivity contribution in [3.63, 3.8) is 0 Å². The van der Waals surface area contributed by atoms with Crippen LogP contribution in [0.25, 0.3) is 0 Å². The van der Waals surface area contributed by atoms with E-state index in [0.29, 0.717) is 5.92 Å². The summed E-state index contributed by atoms with van der Waals surface area (Å²) in [5.41, 5.74) is 3.33. The summed E-state index contributed by atoms with van der Waals surface area (Å²) in [5.74, 6) is -0.203. The van der Waals surface area contributed by atoms with Gasteiger partial charge < -0.3 is 10.0 Å². The number of aliphatic carboxylic acids is 1. The molecule has 0 radical (unpaired) electrons. The predicted molar refractivity (Wildman–Crippen MR) is 75.2 cm³/mol. The van der Waals surface area contributed by atoms with Gasteiger partial charge >= 0.3 is 5.97 Å². The van der Waals surface area contributed by atoms with Crippen LogP contribution < -0.4 is 4.90 Å². The lowest BCUT2D eigenvalue weighted by Crippen LogP contribution is -2.31. The molecule has 0 unspecified atom stereocenters. The summed E-state index contributed by atoms with van der Waals surface area (Å²) in [6.45, 7) is 9.22. The summed E-state index contributed by atoms with van der Waals surface area (Å²) in [6, 6.07) is 6.17. The second-order valence-electron chi connectivity index (χ2n) is 5.29. The van der Waals surface area contributed by atoms with E-state index in [1.165, 1.54) is 0 Å². The van der Waals surface area contributed by atoms with E-state index in [1.54, 1.807) is 0 Å². The molecule has 0 saturated carbocycles. The van der Waals surface area contributed by atoms with E-state index in [0.717, 1.165) is 29.8 Å². The molecule has 0 fully saturated rings. The highest BCUT2D eigenvalue weighted by Gasteiger charge is 2.13. The Labute approximate surface area is 109 Å². The van der Waals surface area contributed by atoms with Gasteiger partial charge in [-0.1, -0.05) is 26.0 Å². The number of carbonyl (C=O) groups is 1. The molecule has 18 heavy (non-hydrogen) atoms. The summed E-state index contributed by atoms with van der Waals surface area (Å²) in [6.07, 6.45) is 1.00. The molecule has 0 atom stereocenters. The number of rotatable bonds is 6. The Balaban J connectivity index is 2.93. The molecule has 0 heterocycles. The third-order valence-electron chi connectivity index (χ3n) is 3.01. The molecule has 0 aliphatic heterocycles. The van der Waals surface area contributed by atoms with Crippen molar-refractivity contribution in [1.29, 1.82) is 0 Å². The molecule has 0 bridgehead atoms. The van der Waals surface area contributed by atoms with Gasteiger partial charge in [0.2, 0.25) is 0 Å². The zero-order valence-electron chi connectivity index (χ0n) is 11.7. The summed E-state index contributed by atoms with van der Waals surface area (Å²) in [4.78, 5) is 12.9. The Morgan fingerprint density at radius 2 is 2.00 bits per heavy atom. The zero-order valence-corrected chi connectivity index (χ0v) is 11.7. The number of anilines is 1. The largest absolute Gasteiger partial charge is 0.480 e. The van der Waals surface area contributed by atoms with Crippen LogP contribution in [0.1, 0.15) is 31.4 Å². The van der Waals surface area contributed by atoms with Crippen molar-refractivity contribution in [2.24, 2.45) is 5.92 Å². The molecule has 1 N–H and O–H groups in total. The third-order valence-corrected chi connectivity index (χ3v) is 3.01. The van der Waals surface area contributed by atoms with Crippen molar-refractivity contribution < 1.29 is 9.90 Å². The number of nitrogens with zero attached hydrogens (tertiary/aromatic N) is 1. The van der Waals surface area contributed by atoms with Crippen LogP contribution in [0.5, 0.6) is 0 Å². The summed E-state index contributed by atoms with van der Waals surface area (Å²) in [7, 11) is 0. The van der Waals surface area contributed by atoms with Crippen LogP contribution in [-0.2, 0) is 4.79 Å². The fourth-order valence-corrected chi connectivity index (χ4v) is 1.92. The molecule has 3 nitrogen and oxygen atoms in total. The molecule has 1 aromatic rings. The van der Waals surface area contributed by atoms with E-state index >= 15 is 0 Å². The van der Waals surface area contributed by atoms with Crippen LogP contribution in [0.4, 0.5) is 5.69 Å². The Kier molecular flexibility index (Phi) is 5.20. The maximum atomic E-state index is 11.0. The Hall–Kier alpha value is -1.51. The minimum atomic E-state index is -0.778. The van der Waals surface area contributed by atoms with E-state index < -0.39 is 5.97 Å². The maximum Gasteiger partial charge on any atom is 0.323 e. The molecular weight excluding hydrogens is 226 g/mol. The second kappa shape index (κ2) is 6.43. The van der Waals surface area contributed by atoms with Gasteiger partial charge in [0.05, 0.1) is 0 Å². The number of benzene rings is 1. The molecule has 1 aromatic carbocycles. The number of carboxylic acids is 1. The van der Waals surface area contributed by atoms with Gasteiger partial charge in [0.15, 0.2) is 0 Å². The third kappa shape index (κ3) is 4.40. The lowest BCUT2D eigenvalue weighted by atomic mass is 10.1. The van der Waals surface area contributed by atoms with Gasteiger partial charge in [-0.2, -0.15) is 0 Å². The number of aryl methyl sites for hydroxylation is 2. The Morgan fingerprint density at radius 1 is 1.33 bits per heavy atom.